The van der Waals surface area contributed by atoms with E-state index in [9.17, 15) is 0 Å². The third-order valence-corrected chi connectivity index (χ3v) is 1.82. The molecule has 11 heavy (non-hydrogen) atoms. The minimum atomic E-state index is -0.442. The van der Waals surface area contributed by atoms with E-state index in [0.29, 0.717) is 0 Å². The average Bonchev–Trinajstić information content (AvgIpc) is 2.59. The van der Waals surface area contributed by atoms with Crippen LogP contribution in [-0.2, 0) is 4.74 Å². The van der Waals surface area contributed by atoms with Gasteiger partial charge in [-0.15, -0.1) is 0 Å². The second-order valence-corrected chi connectivity index (χ2v) is 3.13. The van der Waals surface area contributed by atoms with Crippen LogP contribution in [0.3, 0.4) is 0 Å². The van der Waals surface area contributed by atoms with Crippen LogP contribution in [0.4, 0.5) is 0 Å². The maximum absolute atomic E-state index is 8.87. The van der Waals surface area contributed by atoms with Gasteiger partial charge in [0.2, 0.25) is 0 Å². The normalized spacial score (nSPS) is 39.5. The van der Waals surface area contributed by atoms with Crippen molar-refractivity contribution in [1.82, 2.24) is 0 Å². The monoisotopic (exact) mass is 158 g/mol. The lowest BCUT2D eigenvalue weighted by Gasteiger charge is -1.96. The first-order valence-corrected chi connectivity index (χ1v) is 3.73. The minimum absolute atomic E-state index is 0.0258. The summed E-state index contributed by atoms with van der Waals surface area (Å²) >= 11 is 0. The van der Waals surface area contributed by atoms with Gasteiger partial charge in [0.1, 0.15) is 11.7 Å². The standard InChI is InChI=1S/C8H14O3/c1-6(10)3-4-7-8(2,5-9)11-7/h3-4,6-7,9-10H,5H2,1-2H3. The first-order valence-electron chi connectivity index (χ1n) is 3.73. The number of aliphatic hydroxyl groups is 2. The quantitative estimate of drug-likeness (QED) is 0.451. The van der Waals surface area contributed by atoms with Crippen LogP contribution in [-0.4, -0.2) is 34.6 Å². The molecule has 3 atom stereocenters. The van der Waals surface area contributed by atoms with E-state index in [-0.39, 0.29) is 12.7 Å². The molecule has 1 fully saturated rings. The largest absolute Gasteiger partial charge is 0.393 e. The summed E-state index contributed by atoms with van der Waals surface area (Å²) in [6.07, 6.45) is 2.97. The van der Waals surface area contributed by atoms with Gasteiger partial charge in [-0.25, -0.2) is 0 Å². The molecule has 1 heterocycles. The third kappa shape index (κ3) is 2.02. The molecule has 0 aromatic carbocycles. The predicted octanol–water partition coefficient (Wildman–Crippen LogP) is 0.0732. The van der Waals surface area contributed by atoms with Crippen LogP contribution in [0.2, 0.25) is 0 Å². The first-order chi connectivity index (χ1) is 5.08. The van der Waals surface area contributed by atoms with Crippen molar-refractivity contribution in [1.29, 1.82) is 0 Å². The Bertz CT molecular complexity index is 165. The summed E-state index contributed by atoms with van der Waals surface area (Å²) in [6.45, 7) is 3.54. The van der Waals surface area contributed by atoms with Crippen molar-refractivity contribution in [2.24, 2.45) is 0 Å². The highest BCUT2D eigenvalue weighted by Crippen LogP contribution is 2.36. The van der Waals surface area contributed by atoms with Crippen molar-refractivity contribution >= 4 is 0 Å². The molecule has 64 valence electrons. The fourth-order valence-corrected chi connectivity index (χ4v) is 0.888. The molecule has 0 radical (unpaired) electrons. The zero-order valence-electron chi connectivity index (χ0n) is 6.82. The molecule has 3 heteroatoms. The molecular weight excluding hydrogens is 144 g/mol. The van der Waals surface area contributed by atoms with Gasteiger partial charge >= 0.3 is 0 Å². The van der Waals surface area contributed by atoms with Crippen molar-refractivity contribution in [3.63, 3.8) is 0 Å². The summed E-state index contributed by atoms with van der Waals surface area (Å²) in [4.78, 5) is 0. The Morgan fingerprint density at radius 1 is 1.73 bits per heavy atom. The van der Waals surface area contributed by atoms with Crippen LogP contribution >= 0.6 is 0 Å². The summed E-state index contributed by atoms with van der Waals surface area (Å²) in [5.74, 6) is 0. The van der Waals surface area contributed by atoms with Gasteiger partial charge in [-0.2, -0.15) is 0 Å². The molecule has 1 aliphatic heterocycles. The van der Waals surface area contributed by atoms with E-state index in [1.165, 1.54) is 0 Å². The van der Waals surface area contributed by atoms with Gasteiger partial charge in [-0.1, -0.05) is 12.2 Å². The second kappa shape index (κ2) is 2.93. The second-order valence-electron chi connectivity index (χ2n) is 3.13. The van der Waals surface area contributed by atoms with Gasteiger partial charge in [0, 0.05) is 0 Å². The molecule has 0 aromatic heterocycles. The molecule has 0 aliphatic carbocycles. The van der Waals surface area contributed by atoms with Crippen molar-refractivity contribution in [3.8, 4) is 0 Å². The molecule has 2 N–H and O–H groups in total. The summed E-state index contributed by atoms with van der Waals surface area (Å²) < 4.78 is 5.16. The molecule has 1 rings (SSSR count). The van der Waals surface area contributed by atoms with Gasteiger partial charge < -0.3 is 14.9 Å². The smallest absolute Gasteiger partial charge is 0.119 e. The molecular formula is C8H14O3. The van der Waals surface area contributed by atoms with Crippen LogP contribution in [0.25, 0.3) is 0 Å². The highest BCUT2D eigenvalue weighted by molar-refractivity contribution is 5.11. The van der Waals surface area contributed by atoms with Gasteiger partial charge in [-0.05, 0) is 13.8 Å². The Labute approximate surface area is 66.3 Å². The van der Waals surface area contributed by atoms with E-state index in [1.807, 2.05) is 6.92 Å². The van der Waals surface area contributed by atoms with Crippen LogP contribution in [0.1, 0.15) is 13.8 Å². The molecule has 3 nitrogen and oxygen atoms in total. The Morgan fingerprint density at radius 3 is 2.73 bits per heavy atom. The number of aliphatic hydroxyl groups excluding tert-OH is 2. The maximum Gasteiger partial charge on any atom is 0.119 e. The van der Waals surface area contributed by atoms with Crippen LogP contribution in [0, 0.1) is 0 Å². The predicted molar refractivity (Wildman–Crippen MR) is 41.2 cm³/mol. The molecule has 1 saturated heterocycles. The first kappa shape index (κ1) is 8.71. The van der Waals surface area contributed by atoms with Crippen molar-refractivity contribution < 1.29 is 14.9 Å². The van der Waals surface area contributed by atoms with Crippen LogP contribution in [0.5, 0.6) is 0 Å². The van der Waals surface area contributed by atoms with E-state index >= 15 is 0 Å². The number of hydrogen-bond donors (Lipinski definition) is 2. The maximum atomic E-state index is 8.87. The lowest BCUT2D eigenvalue weighted by molar-refractivity contribution is 0.185. The molecule has 0 saturated carbocycles. The molecule has 3 unspecified atom stereocenters. The van der Waals surface area contributed by atoms with Crippen LogP contribution in [0.15, 0.2) is 12.2 Å². The Hall–Kier alpha value is -0.380. The fourth-order valence-electron chi connectivity index (χ4n) is 0.888. The average molecular weight is 158 g/mol. The fraction of sp³-hybridized carbons (Fsp3) is 0.750. The zero-order valence-corrected chi connectivity index (χ0v) is 6.82. The lowest BCUT2D eigenvalue weighted by Crippen LogP contribution is -2.14. The summed E-state index contributed by atoms with van der Waals surface area (Å²) in [5.41, 5.74) is -0.397. The molecule has 1 aliphatic rings. The number of ether oxygens (including phenoxy) is 1. The summed E-state index contributed by atoms with van der Waals surface area (Å²) in [5, 5.41) is 17.6. The summed E-state index contributed by atoms with van der Waals surface area (Å²) in [6, 6.07) is 0. The van der Waals surface area contributed by atoms with Crippen molar-refractivity contribution in [3.05, 3.63) is 12.2 Å². The zero-order chi connectivity index (χ0) is 8.48. The Kier molecular flexibility index (Phi) is 2.32. The number of rotatable bonds is 3. The highest BCUT2D eigenvalue weighted by atomic mass is 16.6. The lowest BCUT2D eigenvalue weighted by atomic mass is 10.1. The van der Waals surface area contributed by atoms with E-state index in [0.717, 1.165) is 0 Å². The molecule has 0 spiro atoms. The number of epoxide rings is 1. The third-order valence-electron chi connectivity index (χ3n) is 1.82. The van der Waals surface area contributed by atoms with E-state index in [1.54, 1.807) is 19.1 Å². The van der Waals surface area contributed by atoms with Gasteiger partial charge in [0.15, 0.2) is 0 Å². The van der Waals surface area contributed by atoms with E-state index in [2.05, 4.69) is 0 Å². The SMILES string of the molecule is CC(O)C=CC1OC1(C)CO. The van der Waals surface area contributed by atoms with Gasteiger partial charge in [-0.3, -0.25) is 0 Å². The van der Waals surface area contributed by atoms with E-state index in [4.69, 9.17) is 14.9 Å². The topological polar surface area (TPSA) is 53.0 Å². The summed E-state index contributed by atoms with van der Waals surface area (Å²) in [7, 11) is 0. The Balaban J connectivity index is 2.33. The Morgan fingerprint density at radius 2 is 2.36 bits per heavy atom. The van der Waals surface area contributed by atoms with E-state index < -0.39 is 11.7 Å². The highest BCUT2D eigenvalue weighted by Gasteiger charge is 2.49. The van der Waals surface area contributed by atoms with Crippen LogP contribution < -0.4 is 0 Å². The van der Waals surface area contributed by atoms with Gasteiger partial charge in [0.25, 0.3) is 0 Å². The molecule has 0 amide bonds. The number of hydrogen-bond acceptors (Lipinski definition) is 3. The molecule has 0 aromatic rings. The minimum Gasteiger partial charge on any atom is -0.393 e. The van der Waals surface area contributed by atoms with Crippen molar-refractivity contribution in [2.45, 2.75) is 31.7 Å². The van der Waals surface area contributed by atoms with Crippen molar-refractivity contribution in [2.75, 3.05) is 6.61 Å². The van der Waals surface area contributed by atoms with Gasteiger partial charge in [0.05, 0.1) is 12.7 Å². The molecule has 0 bridgehead atoms.